The van der Waals surface area contributed by atoms with Gasteiger partial charge in [0.25, 0.3) is 0 Å². The molecule has 0 unspecified atom stereocenters. The molecule has 0 spiro atoms. The maximum absolute atomic E-state index is 16.8. The number of nitrogens with one attached hydrogen (secondary N) is 12. The highest BCUT2D eigenvalue weighted by Gasteiger charge is 2.54. The number of halogens is 2. The molecule has 11 aliphatic rings. The molecule has 39 nitrogen and oxygen atoms in total. The molecule has 0 radical (unpaired) electrons. The summed E-state index contributed by atoms with van der Waals surface area (Å²) in [5.74, 6) is -13.5. The number of urea groups is 1. The van der Waals surface area contributed by atoms with Gasteiger partial charge >= 0.3 is 6.03 Å². The minimum Gasteiger partial charge on any atom is -0.508 e. The fourth-order valence-corrected chi connectivity index (χ4v) is 19.6. The molecular weight excluding hydrogens is 1790 g/mol. The Balaban J connectivity index is 0.942. The van der Waals surface area contributed by atoms with Crippen molar-refractivity contribution in [1.29, 1.82) is 0 Å². The number of ether oxygens (including phenoxy) is 8. The highest BCUT2D eigenvalue weighted by atomic mass is 35.5. The maximum atomic E-state index is 16.8. The van der Waals surface area contributed by atoms with Gasteiger partial charge in [0.15, 0.2) is 23.9 Å². The van der Waals surface area contributed by atoms with Crippen LogP contribution < -0.4 is 93.2 Å². The van der Waals surface area contributed by atoms with Crippen LogP contribution in [0.25, 0.3) is 11.1 Å². The highest BCUT2D eigenvalue weighted by molar-refractivity contribution is 6.32. The molecule has 18 atom stereocenters. The van der Waals surface area contributed by atoms with Crippen molar-refractivity contribution in [2.45, 2.75) is 221 Å². The number of aliphatic hydroxyl groups excluding tert-OH is 6. The Kier molecular flexibility index (Phi) is 31.7. The smallest absolute Gasteiger partial charge is 0.325 e. The van der Waals surface area contributed by atoms with E-state index in [0.29, 0.717) is 37.2 Å². The Bertz CT molecular complexity index is 5320. The van der Waals surface area contributed by atoms with E-state index >= 15 is 33.6 Å². The molecule has 4 saturated carbocycles. The van der Waals surface area contributed by atoms with Crippen molar-refractivity contribution in [3.05, 3.63) is 135 Å². The monoisotopic (exact) mass is 1900 g/mol. The average Bonchev–Trinajstić information content (AvgIpc) is 0.761. The van der Waals surface area contributed by atoms with Crippen LogP contribution in [-0.2, 0) is 52.6 Å². The zero-order valence-electron chi connectivity index (χ0n) is 74.8. The van der Waals surface area contributed by atoms with Gasteiger partial charge in [-0.05, 0) is 209 Å². The number of aliphatic hydroxyl groups is 6. The maximum Gasteiger partial charge on any atom is 0.325 e. The standard InChI is InChI=1S/C93H117Cl2N13O26/c1-8-18-98-20-22-127-52-13-14-57(64(37-52)128-23-21-99-19-9-2)101-92(126)102-68(113)38-59-85(120)104-73-50-33-65(130-62-16-11-46(31-55(62)94)77(114)75(89(124)100-59)107-84(119)58(97-7)24-41(3)4)81(134-91-82(80(117)79(116)67(40-109)132-91)133-69-39-93(6,96)83(118)42(5)129-69)66(34-50)131-63-17-12-47(32-56(63)95)78(115)76-90(125)106-74(88(123)103-71-48-26-43-25-44(28-48)29-49(71)27-43)54-35-51(110)36-61(112)70(54)53-30-45(10-15-60(53)111)72(86(121)108-76)105-87(73)122/h10-17,30-37,41-44,48-49,58-59,67,69,71-80,82-83,91,97-99,109-112,114-118H,8-9,18-29,38-40,96H2,1-7H3,(H,100,124)(H,103,123)(H,104,120)(H,105,122)(H,106,125)(H,107,119)(H,108,121)(H2,101,102,113,126)/t42-,43?,44?,48?,49?,58+,59-,67+,69-,71?,72+,73+,74-,75+,76-,77+,78+,79+,80-,82+,83+,91-,93-/m0/s1. The molecular formula is C93H117Cl2N13O26. The van der Waals surface area contributed by atoms with Gasteiger partial charge in [-0.2, -0.15) is 0 Å². The summed E-state index contributed by atoms with van der Waals surface area (Å²) in [4.78, 5) is 141. The van der Waals surface area contributed by atoms with Gasteiger partial charge < -0.3 is 148 Å². The first kappa shape index (κ1) is 99.0. The summed E-state index contributed by atoms with van der Waals surface area (Å²) in [5.41, 5.74) is 2.88. The number of hydrogen-bond acceptors (Lipinski definition) is 30. The number of phenolic OH excluding ortho intramolecular Hbond substituents is 3. The lowest BCUT2D eigenvalue weighted by Gasteiger charge is -2.54. The first-order valence-electron chi connectivity index (χ1n) is 45.2. The predicted octanol–water partition coefficient (Wildman–Crippen LogP) is 4.58. The third kappa shape index (κ3) is 22.5. The Morgan fingerprint density at radius 2 is 1.26 bits per heavy atom. The number of carbonyl (C=O) groups excluding carboxylic acids is 9. The number of likely N-dealkylation sites (N-methyl/N-ethyl adjacent to an activating group) is 1. The zero-order valence-corrected chi connectivity index (χ0v) is 76.3. The number of aromatic hydroxyl groups is 3. The molecule has 724 valence electrons. The normalized spacial score (nSPS) is 29.1. The number of rotatable bonds is 27. The topological polar surface area (TPSA) is 580 Å². The first-order valence-corrected chi connectivity index (χ1v) is 45.9. The van der Waals surface area contributed by atoms with Crippen LogP contribution in [0, 0.1) is 29.6 Å². The van der Waals surface area contributed by atoms with Crippen molar-refractivity contribution in [3.63, 3.8) is 0 Å². The molecule has 41 heteroatoms. The summed E-state index contributed by atoms with van der Waals surface area (Å²) in [7, 11) is 1.47. The van der Waals surface area contributed by atoms with E-state index in [1.54, 1.807) is 6.07 Å². The van der Waals surface area contributed by atoms with E-state index < -0.39 is 237 Å². The second-order valence-corrected chi connectivity index (χ2v) is 37.0. The number of nitrogens with two attached hydrogens (primary N) is 1. The van der Waals surface area contributed by atoms with Gasteiger partial charge in [0.2, 0.25) is 59.3 Å². The molecule has 6 aromatic carbocycles. The molecule has 2 saturated heterocycles. The summed E-state index contributed by atoms with van der Waals surface area (Å²) in [6.45, 7) is 12.3. The number of hydrogen-bond donors (Lipinski definition) is 22. The molecule has 7 aliphatic heterocycles. The van der Waals surface area contributed by atoms with Crippen molar-refractivity contribution in [2.75, 3.05) is 58.4 Å². The molecule has 134 heavy (non-hydrogen) atoms. The van der Waals surface area contributed by atoms with E-state index in [1.165, 1.54) is 57.3 Å². The third-order valence-corrected chi connectivity index (χ3v) is 26.3. The number of imide groups is 1. The van der Waals surface area contributed by atoms with Crippen molar-refractivity contribution in [2.24, 2.45) is 35.3 Å². The van der Waals surface area contributed by atoms with Crippen LogP contribution in [0.15, 0.2) is 97.1 Å². The number of amides is 10. The van der Waals surface area contributed by atoms with Crippen LogP contribution in [0.3, 0.4) is 0 Å². The van der Waals surface area contributed by atoms with Gasteiger partial charge in [-0.3, -0.25) is 43.7 Å². The minimum atomic E-state index is -2.45. The molecule has 10 amide bonds. The predicted molar refractivity (Wildman–Crippen MR) is 482 cm³/mol. The molecule has 4 aliphatic carbocycles. The average molecular weight is 1900 g/mol. The van der Waals surface area contributed by atoms with Gasteiger partial charge in [0.05, 0.1) is 47.0 Å². The highest BCUT2D eigenvalue weighted by Crippen LogP contribution is 2.55. The second-order valence-electron chi connectivity index (χ2n) is 36.2. The van der Waals surface area contributed by atoms with Crippen molar-refractivity contribution >= 4 is 82.2 Å². The Labute approximate surface area is 782 Å². The summed E-state index contributed by atoms with van der Waals surface area (Å²) in [5, 5.41) is 140. The van der Waals surface area contributed by atoms with Crippen LogP contribution >= 0.6 is 23.2 Å². The van der Waals surface area contributed by atoms with Crippen molar-refractivity contribution in [3.8, 4) is 68.6 Å². The van der Waals surface area contributed by atoms with Gasteiger partial charge in [-0.25, -0.2) is 4.79 Å². The quantitative estimate of drug-likeness (QED) is 0.0314. The summed E-state index contributed by atoms with van der Waals surface area (Å²) in [6.07, 6.45) is -13.1. The molecule has 23 N–H and O–H groups in total. The molecule has 7 heterocycles. The first-order chi connectivity index (χ1) is 64.0. The number of benzene rings is 6. The lowest BCUT2D eigenvalue weighted by molar-refractivity contribution is -0.333. The van der Waals surface area contributed by atoms with Crippen LogP contribution in [-0.4, -0.2) is 237 Å². The number of fused-ring (bicyclic) bond motifs is 15. The van der Waals surface area contributed by atoms with Gasteiger partial charge in [0.1, 0.15) is 120 Å². The van der Waals surface area contributed by atoms with Gasteiger partial charge in [-0.15, -0.1) is 0 Å². The van der Waals surface area contributed by atoms with Crippen LogP contribution in [0.2, 0.25) is 10.0 Å². The minimum absolute atomic E-state index is 0.0247. The lowest BCUT2D eigenvalue weighted by Crippen LogP contribution is -2.64. The van der Waals surface area contributed by atoms with E-state index in [0.717, 1.165) is 106 Å². The third-order valence-electron chi connectivity index (χ3n) is 25.7. The largest absolute Gasteiger partial charge is 0.508 e. The number of carbonyl (C=O) groups is 9. The van der Waals surface area contributed by atoms with Crippen LogP contribution in [0.4, 0.5) is 10.5 Å². The molecule has 0 aromatic heterocycles. The fraction of sp³-hybridized carbons (Fsp3) is 0.516. The number of anilines is 1. The number of phenols is 3. The van der Waals surface area contributed by atoms with Gasteiger partial charge in [0, 0.05) is 54.4 Å². The lowest BCUT2D eigenvalue weighted by atomic mass is 9.54. The van der Waals surface area contributed by atoms with Gasteiger partial charge in [-0.1, -0.05) is 69.1 Å². The van der Waals surface area contributed by atoms with E-state index in [2.05, 4.69) is 63.8 Å². The molecule has 6 aromatic rings. The second kappa shape index (κ2) is 42.9. The van der Waals surface area contributed by atoms with Crippen molar-refractivity contribution < 1.29 is 127 Å². The molecule has 17 rings (SSSR count). The van der Waals surface area contributed by atoms with E-state index in [-0.39, 0.29) is 94.4 Å². The Morgan fingerprint density at radius 3 is 1.88 bits per heavy atom. The van der Waals surface area contributed by atoms with E-state index in [9.17, 15) is 55.5 Å². The SMILES string of the molecule is CCCNCCOc1ccc(NC(=O)NC(=O)C[C@@H]2NC(=O)[C@H](NC(=O)[C@@H](CC(C)C)NC)[C@H](O)c3ccc(c(Cl)c3)Oc3cc4cc(c3O[C@@H]3O[C@H](CO)[C@@H](O)[C@H](O)[C@H]3O[C@H]3C[C@](C)(N)[C@H](O)[C@H](C)O3)Oc3ccc(cc3Cl)[C@@H](O)[C@@H]3NC(=O)[C@H](NC(=O)[C@@H]4NC2=O)c2ccc(O)c(c2)-c2c(O)cc(O)cc2[C@@H](C(=O)NC2C4CC5CC(C4)CC2C5)NC3=O)c(OCCNCCC)c1. The zero-order chi connectivity index (χ0) is 96.0. The van der Waals surface area contributed by atoms with Crippen LogP contribution in [0.1, 0.15) is 164 Å². The van der Waals surface area contributed by atoms with E-state index in [4.69, 9.17) is 66.8 Å². The Hall–Kier alpha value is -11.0. The molecule has 6 fully saturated rings. The summed E-state index contributed by atoms with van der Waals surface area (Å²) in [6, 6.07) is 2.92. The fourth-order valence-electron chi connectivity index (χ4n) is 19.1. The van der Waals surface area contributed by atoms with E-state index in [1.807, 2.05) is 27.7 Å². The summed E-state index contributed by atoms with van der Waals surface area (Å²) < 4.78 is 51.4. The molecule has 15 bridgehead atoms. The van der Waals surface area contributed by atoms with Crippen LogP contribution in [0.5, 0.6) is 57.5 Å². The Morgan fingerprint density at radius 1 is 0.642 bits per heavy atom. The summed E-state index contributed by atoms with van der Waals surface area (Å²) >= 11 is 14.6. The van der Waals surface area contributed by atoms with Crippen molar-refractivity contribution in [1.82, 2.24) is 58.5 Å².